The molecule has 0 radical (unpaired) electrons. The van der Waals surface area contributed by atoms with E-state index in [0.29, 0.717) is 0 Å². The van der Waals surface area contributed by atoms with Crippen LogP contribution in [0.25, 0.3) is 0 Å². The second kappa shape index (κ2) is 15.1. The summed E-state index contributed by atoms with van der Waals surface area (Å²) in [6.07, 6.45) is 30.7. The smallest absolute Gasteiger partial charge is 0.0128 e. The largest absolute Gasteiger partial charge is 0.0998 e. The Morgan fingerprint density at radius 1 is 0.838 bits per heavy atom. The summed E-state index contributed by atoms with van der Waals surface area (Å²) in [7, 11) is 0. The number of unbranched alkanes of at least 4 members (excludes halogenated alkanes) is 1. The zero-order valence-corrected chi connectivity index (χ0v) is 24.4. The third-order valence-corrected chi connectivity index (χ3v) is 9.78. The van der Waals surface area contributed by atoms with Gasteiger partial charge >= 0.3 is 0 Å². The molecular weight excluding hydrogens is 444 g/mol. The minimum atomic E-state index is 0.828. The highest BCUT2D eigenvalue weighted by Crippen LogP contribution is 2.54. The van der Waals surface area contributed by atoms with E-state index in [1.165, 1.54) is 133 Å². The van der Waals surface area contributed by atoms with Gasteiger partial charge in [0.25, 0.3) is 0 Å². The van der Waals surface area contributed by atoms with Crippen LogP contribution in [0.2, 0.25) is 0 Å². The number of hydrogen-bond acceptors (Lipinski definition) is 0. The number of hydrogen-bond donors (Lipinski definition) is 0. The van der Waals surface area contributed by atoms with Gasteiger partial charge < -0.3 is 0 Å². The van der Waals surface area contributed by atoms with E-state index in [9.17, 15) is 0 Å². The minimum absolute atomic E-state index is 0.828. The summed E-state index contributed by atoms with van der Waals surface area (Å²) in [4.78, 5) is 0. The Balaban J connectivity index is 1.17. The highest BCUT2D eigenvalue weighted by molar-refractivity contribution is 5.30. The van der Waals surface area contributed by atoms with Crippen LogP contribution in [0.15, 0.2) is 59.7 Å². The van der Waals surface area contributed by atoms with Gasteiger partial charge in [-0.15, -0.1) is 0 Å². The normalized spacial score (nSPS) is 22.9. The maximum Gasteiger partial charge on any atom is -0.0128 e. The third kappa shape index (κ3) is 9.30. The molecule has 4 rings (SSSR count). The number of benzene rings is 1. The Hall–Kier alpha value is -1.56. The number of aryl methyl sites for hydroxylation is 1. The van der Waals surface area contributed by atoms with Gasteiger partial charge in [0.15, 0.2) is 0 Å². The molecule has 3 atom stereocenters. The highest BCUT2D eigenvalue weighted by atomic mass is 14.5. The first-order valence-corrected chi connectivity index (χ1v) is 16.3. The molecule has 0 heterocycles. The molecule has 0 nitrogen and oxygen atoms in total. The van der Waals surface area contributed by atoms with Gasteiger partial charge in [-0.3, -0.25) is 0 Å². The molecule has 37 heavy (non-hydrogen) atoms. The Morgan fingerprint density at radius 3 is 2.27 bits per heavy atom. The van der Waals surface area contributed by atoms with Crippen molar-refractivity contribution in [1.82, 2.24) is 0 Å². The van der Waals surface area contributed by atoms with Crippen molar-refractivity contribution in [1.29, 1.82) is 0 Å². The van der Waals surface area contributed by atoms with Crippen LogP contribution >= 0.6 is 0 Å². The fourth-order valence-electron chi connectivity index (χ4n) is 7.48. The fourth-order valence-corrected chi connectivity index (χ4v) is 7.48. The quantitative estimate of drug-likeness (QED) is 0.156. The van der Waals surface area contributed by atoms with Crippen molar-refractivity contribution in [3.63, 3.8) is 0 Å². The highest BCUT2D eigenvalue weighted by Gasteiger charge is 2.42. The lowest BCUT2D eigenvalue weighted by Crippen LogP contribution is -2.05. The third-order valence-electron chi connectivity index (χ3n) is 9.78. The molecule has 3 aliphatic rings. The average molecular weight is 501 g/mol. The minimum Gasteiger partial charge on any atom is -0.0998 e. The van der Waals surface area contributed by atoms with Crippen molar-refractivity contribution in [2.45, 2.75) is 142 Å². The van der Waals surface area contributed by atoms with Gasteiger partial charge in [-0.25, -0.2) is 0 Å². The molecule has 1 aromatic rings. The summed E-state index contributed by atoms with van der Waals surface area (Å²) < 4.78 is 0. The number of allylic oxidation sites excluding steroid dienone is 5. The molecule has 0 amide bonds. The van der Waals surface area contributed by atoms with Crippen LogP contribution in [0.4, 0.5) is 0 Å². The topological polar surface area (TPSA) is 0 Å². The van der Waals surface area contributed by atoms with Gasteiger partial charge in [0.1, 0.15) is 0 Å². The molecule has 3 unspecified atom stereocenters. The zero-order valence-electron chi connectivity index (χ0n) is 24.4. The SMILES string of the molecule is C=C(CCc1ccc(C2CC2C(CCC)CCCCC2=CC=C(CCC)CCC2)cc1)CC1CCCC1. The van der Waals surface area contributed by atoms with Gasteiger partial charge in [0, 0.05) is 0 Å². The van der Waals surface area contributed by atoms with Crippen molar-refractivity contribution in [2.75, 3.05) is 0 Å². The Bertz CT molecular complexity index is 871. The first kappa shape index (κ1) is 28.4. The molecule has 3 aliphatic carbocycles. The lowest BCUT2D eigenvalue weighted by atomic mass is 9.89. The van der Waals surface area contributed by atoms with Crippen molar-refractivity contribution in [2.24, 2.45) is 17.8 Å². The lowest BCUT2D eigenvalue weighted by Gasteiger charge is -2.17. The Morgan fingerprint density at radius 2 is 1.57 bits per heavy atom. The van der Waals surface area contributed by atoms with Crippen LogP contribution in [0.3, 0.4) is 0 Å². The van der Waals surface area contributed by atoms with Gasteiger partial charge in [-0.1, -0.05) is 131 Å². The van der Waals surface area contributed by atoms with E-state index in [-0.39, 0.29) is 0 Å². The van der Waals surface area contributed by atoms with E-state index in [1.807, 2.05) is 0 Å². The van der Waals surface area contributed by atoms with E-state index in [1.54, 1.807) is 16.7 Å². The molecule has 0 aliphatic heterocycles. The molecule has 0 saturated heterocycles. The van der Waals surface area contributed by atoms with E-state index >= 15 is 0 Å². The van der Waals surface area contributed by atoms with Gasteiger partial charge in [0.2, 0.25) is 0 Å². The Kier molecular flexibility index (Phi) is 11.6. The van der Waals surface area contributed by atoms with Gasteiger partial charge in [-0.05, 0) is 99.0 Å². The van der Waals surface area contributed by atoms with E-state index in [2.05, 4.69) is 56.8 Å². The van der Waals surface area contributed by atoms with Crippen molar-refractivity contribution in [3.05, 3.63) is 70.8 Å². The Labute approximate surface area is 230 Å². The van der Waals surface area contributed by atoms with Crippen molar-refractivity contribution in [3.8, 4) is 0 Å². The lowest BCUT2D eigenvalue weighted by molar-refractivity contribution is 0.373. The molecule has 0 bridgehead atoms. The predicted octanol–water partition coefficient (Wildman–Crippen LogP) is 11.7. The summed E-state index contributed by atoms with van der Waals surface area (Å²) in [5.74, 6) is 3.64. The summed E-state index contributed by atoms with van der Waals surface area (Å²) >= 11 is 0. The van der Waals surface area contributed by atoms with Crippen LogP contribution in [-0.2, 0) is 6.42 Å². The van der Waals surface area contributed by atoms with E-state index < -0.39 is 0 Å². The standard InChI is InChI=1S/C37H56/c1-4-11-30-16-10-17-31(22-21-30)13-8-9-18-34(12-5-2)36-28-37(36)35-25-23-32(24-26-35)20-19-29(3)27-33-14-6-7-15-33/h21-26,33-34,36-37H,3-20,27-28H2,1-2H3. The molecule has 0 aromatic heterocycles. The molecule has 0 N–H and O–H groups in total. The van der Waals surface area contributed by atoms with Crippen LogP contribution in [0.5, 0.6) is 0 Å². The molecular formula is C37H56. The average Bonchev–Trinajstić information content (AvgIpc) is 3.60. The molecule has 2 saturated carbocycles. The first-order chi connectivity index (χ1) is 18.2. The predicted molar refractivity (Wildman–Crippen MR) is 163 cm³/mol. The molecule has 0 spiro atoms. The van der Waals surface area contributed by atoms with Crippen LogP contribution in [-0.4, -0.2) is 0 Å². The molecule has 0 heteroatoms. The van der Waals surface area contributed by atoms with Crippen LogP contribution in [0, 0.1) is 17.8 Å². The van der Waals surface area contributed by atoms with E-state index in [4.69, 9.17) is 0 Å². The maximum absolute atomic E-state index is 4.40. The van der Waals surface area contributed by atoms with Crippen molar-refractivity contribution < 1.29 is 0 Å². The van der Waals surface area contributed by atoms with Crippen LogP contribution < -0.4 is 0 Å². The van der Waals surface area contributed by atoms with Crippen molar-refractivity contribution >= 4 is 0 Å². The molecule has 2 fully saturated rings. The fraction of sp³-hybridized carbons (Fsp3) is 0.676. The number of rotatable bonds is 16. The van der Waals surface area contributed by atoms with Gasteiger partial charge in [0.05, 0.1) is 0 Å². The summed E-state index contributed by atoms with van der Waals surface area (Å²) in [6.45, 7) is 9.09. The molecule has 204 valence electrons. The first-order valence-electron chi connectivity index (χ1n) is 16.3. The van der Waals surface area contributed by atoms with Crippen LogP contribution in [0.1, 0.15) is 146 Å². The second-order valence-corrected chi connectivity index (χ2v) is 12.9. The summed E-state index contributed by atoms with van der Waals surface area (Å²) in [5.41, 5.74) is 7.98. The molecule has 1 aromatic carbocycles. The zero-order chi connectivity index (χ0) is 25.9. The monoisotopic (exact) mass is 500 g/mol. The maximum atomic E-state index is 4.40. The summed E-state index contributed by atoms with van der Waals surface area (Å²) in [6, 6.07) is 9.76. The van der Waals surface area contributed by atoms with E-state index in [0.717, 1.165) is 23.7 Å². The summed E-state index contributed by atoms with van der Waals surface area (Å²) in [5, 5.41) is 0. The second-order valence-electron chi connectivity index (χ2n) is 12.9. The van der Waals surface area contributed by atoms with Gasteiger partial charge in [-0.2, -0.15) is 0 Å².